The van der Waals surface area contributed by atoms with E-state index in [1.807, 2.05) is 30.3 Å². The molecule has 1 atom stereocenters. The largest absolute Gasteiger partial charge is 0.374 e. The van der Waals surface area contributed by atoms with Crippen molar-refractivity contribution in [1.82, 2.24) is 0 Å². The van der Waals surface area contributed by atoms with Gasteiger partial charge in [0.05, 0.1) is 6.07 Å². The van der Waals surface area contributed by atoms with Crippen LogP contribution in [0.5, 0.6) is 0 Å². The number of aliphatic hydroxyl groups excluding tert-OH is 1. The van der Waals surface area contributed by atoms with E-state index in [4.69, 9.17) is 10.4 Å². The minimum atomic E-state index is -1.01. The maximum absolute atomic E-state index is 8.87. The van der Waals surface area contributed by atoms with E-state index in [-0.39, 0.29) is 0 Å². The standard InChI is InChI=1S/C10H9NO/c11-8-10(12)7-6-9-4-2-1-3-5-9/h1-7,10,12H. The Morgan fingerprint density at radius 2 is 2.00 bits per heavy atom. The average molecular weight is 159 g/mol. The zero-order chi connectivity index (χ0) is 8.81. The molecule has 0 spiro atoms. The lowest BCUT2D eigenvalue weighted by atomic mass is 10.2. The second-order valence-electron chi connectivity index (χ2n) is 2.34. The molecule has 1 aromatic carbocycles. The Labute approximate surface area is 71.4 Å². The molecule has 60 valence electrons. The quantitative estimate of drug-likeness (QED) is 0.666. The molecule has 1 N–H and O–H groups in total. The molecule has 0 radical (unpaired) electrons. The summed E-state index contributed by atoms with van der Waals surface area (Å²) in [5, 5.41) is 17.1. The fraction of sp³-hybridized carbons (Fsp3) is 0.100. The van der Waals surface area contributed by atoms with Gasteiger partial charge in [-0.05, 0) is 11.6 Å². The van der Waals surface area contributed by atoms with Crippen molar-refractivity contribution in [2.75, 3.05) is 0 Å². The highest BCUT2D eigenvalue weighted by Crippen LogP contribution is 2.01. The molecule has 0 heterocycles. The van der Waals surface area contributed by atoms with E-state index in [0.29, 0.717) is 0 Å². The van der Waals surface area contributed by atoms with Crippen molar-refractivity contribution in [1.29, 1.82) is 5.26 Å². The Morgan fingerprint density at radius 1 is 1.33 bits per heavy atom. The summed E-state index contributed by atoms with van der Waals surface area (Å²) in [4.78, 5) is 0. The minimum absolute atomic E-state index is 0.979. The van der Waals surface area contributed by atoms with Crippen LogP contribution in [-0.2, 0) is 0 Å². The first-order chi connectivity index (χ1) is 5.83. The fourth-order valence-corrected chi connectivity index (χ4v) is 0.809. The van der Waals surface area contributed by atoms with Crippen LogP contribution in [0.1, 0.15) is 5.56 Å². The van der Waals surface area contributed by atoms with Gasteiger partial charge in [0.25, 0.3) is 0 Å². The van der Waals surface area contributed by atoms with E-state index in [1.165, 1.54) is 6.08 Å². The monoisotopic (exact) mass is 159 g/mol. The van der Waals surface area contributed by atoms with Crippen LogP contribution < -0.4 is 0 Å². The Balaban J connectivity index is 2.65. The molecule has 0 bridgehead atoms. The third kappa shape index (κ3) is 2.57. The van der Waals surface area contributed by atoms with Crippen LogP contribution in [0.2, 0.25) is 0 Å². The van der Waals surface area contributed by atoms with Gasteiger partial charge in [-0.2, -0.15) is 5.26 Å². The lowest BCUT2D eigenvalue weighted by molar-refractivity contribution is 0.279. The van der Waals surface area contributed by atoms with Gasteiger partial charge in [-0.1, -0.05) is 36.4 Å². The van der Waals surface area contributed by atoms with E-state index < -0.39 is 6.10 Å². The normalized spacial score (nSPS) is 12.7. The van der Waals surface area contributed by atoms with Crippen molar-refractivity contribution >= 4 is 6.08 Å². The number of aliphatic hydroxyl groups is 1. The number of rotatable bonds is 2. The summed E-state index contributed by atoms with van der Waals surface area (Å²) in [7, 11) is 0. The SMILES string of the molecule is N#CC(O)C=Cc1ccccc1. The molecule has 0 aromatic heterocycles. The number of nitriles is 1. The number of hydrogen-bond donors (Lipinski definition) is 1. The van der Waals surface area contributed by atoms with Crippen molar-refractivity contribution < 1.29 is 5.11 Å². The van der Waals surface area contributed by atoms with Gasteiger partial charge in [0, 0.05) is 0 Å². The van der Waals surface area contributed by atoms with Crippen molar-refractivity contribution in [2.24, 2.45) is 0 Å². The molecule has 0 aliphatic rings. The van der Waals surface area contributed by atoms with Gasteiger partial charge in [-0.15, -0.1) is 0 Å². The van der Waals surface area contributed by atoms with Crippen molar-refractivity contribution in [3.05, 3.63) is 42.0 Å². The first kappa shape index (κ1) is 8.51. The molecule has 2 nitrogen and oxygen atoms in total. The molecule has 0 amide bonds. The van der Waals surface area contributed by atoms with E-state index in [0.717, 1.165) is 5.56 Å². The summed E-state index contributed by atoms with van der Waals surface area (Å²) in [6.07, 6.45) is 2.16. The van der Waals surface area contributed by atoms with Crippen LogP contribution in [0, 0.1) is 11.3 Å². The van der Waals surface area contributed by atoms with Gasteiger partial charge in [-0.25, -0.2) is 0 Å². The maximum atomic E-state index is 8.87. The summed E-state index contributed by atoms with van der Waals surface area (Å²) in [6, 6.07) is 11.2. The Morgan fingerprint density at radius 3 is 2.58 bits per heavy atom. The highest BCUT2D eigenvalue weighted by molar-refractivity contribution is 5.49. The maximum Gasteiger partial charge on any atom is 0.159 e. The molecular formula is C10H9NO. The highest BCUT2D eigenvalue weighted by Gasteiger charge is 1.91. The van der Waals surface area contributed by atoms with Gasteiger partial charge in [-0.3, -0.25) is 0 Å². The van der Waals surface area contributed by atoms with E-state index in [2.05, 4.69) is 0 Å². The van der Waals surface area contributed by atoms with Crippen LogP contribution >= 0.6 is 0 Å². The van der Waals surface area contributed by atoms with Crippen molar-refractivity contribution in [3.8, 4) is 6.07 Å². The van der Waals surface area contributed by atoms with Crippen molar-refractivity contribution in [3.63, 3.8) is 0 Å². The third-order valence-corrected chi connectivity index (χ3v) is 1.40. The number of benzene rings is 1. The molecule has 0 saturated heterocycles. The molecule has 0 aliphatic carbocycles. The Hall–Kier alpha value is -1.59. The topological polar surface area (TPSA) is 44.0 Å². The number of hydrogen-bond acceptors (Lipinski definition) is 2. The third-order valence-electron chi connectivity index (χ3n) is 1.40. The van der Waals surface area contributed by atoms with E-state index in [9.17, 15) is 0 Å². The molecule has 1 aromatic rings. The Kier molecular flexibility index (Phi) is 3.06. The summed E-state index contributed by atoms with van der Waals surface area (Å²) < 4.78 is 0. The van der Waals surface area contributed by atoms with Gasteiger partial charge < -0.3 is 5.11 Å². The van der Waals surface area contributed by atoms with Gasteiger partial charge in [0.2, 0.25) is 0 Å². The lowest BCUT2D eigenvalue weighted by Crippen LogP contribution is -1.94. The molecular weight excluding hydrogens is 150 g/mol. The van der Waals surface area contributed by atoms with Crippen molar-refractivity contribution in [2.45, 2.75) is 6.10 Å². The number of nitrogens with zero attached hydrogens (tertiary/aromatic N) is 1. The van der Waals surface area contributed by atoms with Crippen LogP contribution in [-0.4, -0.2) is 11.2 Å². The van der Waals surface area contributed by atoms with Crippen LogP contribution in [0.15, 0.2) is 36.4 Å². The first-order valence-corrected chi connectivity index (χ1v) is 3.64. The second-order valence-corrected chi connectivity index (χ2v) is 2.34. The summed E-state index contributed by atoms with van der Waals surface area (Å²) >= 11 is 0. The molecule has 0 aliphatic heterocycles. The second kappa shape index (κ2) is 4.32. The Bertz CT molecular complexity index is 297. The molecule has 1 unspecified atom stereocenters. The molecule has 2 heteroatoms. The van der Waals surface area contributed by atoms with Crippen LogP contribution in [0.3, 0.4) is 0 Å². The lowest BCUT2D eigenvalue weighted by Gasteiger charge is -1.92. The molecule has 0 saturated carbocycles. The summed E-state index contributed by atoms with van der Waals surface area (Å²) in [5.74, 6) is 0. The van der Waals surface area contributed by atoms with E-state index >= 15 is 0 Å². The predicted octanol–water partition coefficient (Wildman–Crippen LogP) is 1.58. The molecule has 1 rings (SSSR count). The van der Waals surface area contributed by atoms with Crippen LogP contribution in [0.25, 0.3) is 6.08 Å². The van der Waals surface area contributed by atoms with Gasteiger partial charge in [0.1, 0.15) is 0 Å². The van der Waals surface area contributed by atoms with Gasteiger partial charge in [0.15, 0.2) is 6.10 Å². The first-order valence-electron chi connectivity index (χ1n) is 3.64. The average Bonchev–Trinajstić information content (AvgIpc) is 2.16. The summed E-state index contributed by atoms with van der Waals surface area (Å²) in [5.41, 5.74) is 0.979. The zero-order valence-corrected chi connectivity index (χ0v) is 6.51. The van der Waals surface area contributed by atoms with E-state index in [1.54, 1.807) is 12.1 Å². The smallest absolute Gasteiger partial charge is 0.159 e. The fourth-order valence-electron chi connectivity index (χ4n) is 0.809. The zero-order valence-electron chi connectivity index (χ0n) is 6.51. The highest BCUT2D eigenvalue weighted by atomic mass is 16.3. The predicted molar refractivity (Wildman–Crippen MR) is 47.1 cm³/mol. The molecule has 12 heavy (non-hydrogen) atoms. The summed E-state index contributed by atoms with van der Waals surface area (Å²) in [6.45, 7) is 0. The van der Waals surface area contributed by atoms with Crippen LogP contribution in [0.4, 0.5) is 0 Å². The minimum Gasteiger partial charge on any atom is -0.374 e. The molecule has 0 fully saturated rings. The van der Waals surface area contributed by atoms with Gasteiger partial charge >= 0.3 is 0 Å².